The Balaban J connectivity index is 1.60. The monoisotopic (exact) mass is 406 g/mol. The first-order chi connectivity index (χ1) is 12.9. The van der Waals surface area contributed by atoms with Gasteiger partial charge in [0.1, 0.15) is 11.5 Å². The molecule has 3 rings (SSSR count). The second-order valence-electron chi connectivity index (χ2n) is 9.68. The van der Waals surface area contributed by atoms with Gasteiger partial charge in [-0.25, -0.2) is 8.42 Å². The third-order valence-corrected chi connectivity index (χ3v) is 7.15. The zero-order valence-electron chi connectivity index (χ0n) is 17.1. The van der Waals surface area contributed by atoms with Crippen LogP contribution in [0.4, 0.5) is 5.69 Å². The van der Waals surface area contributed by atoms with Crippen LogP contribution in [0.3, 0.4) is 0 Å². The molecule has 7 heteroatoms. The Hall–Kier alpha value is -1.89. The summed E-state index contributed by atoms with van der Waals surface area (Å²) in [5.74, 6) is -2.30. The average molecular weight is 407 g/mol. The molecule has 1 aliphatic heterocycles. The Morgan fingerprint density at radius 2 is 1.75 bits per heavy atom. The smallest absolute Gasteiger partial charge is 0.239 e. The van der Waals surface area contributed by atoms with Crippen LogP contribution in [-0.4, -0.2) is 49.2 Å². The Bertz CT molecular complexity index is 876. The summed E-state index contributed by atoms with van der Waals surface area (Å²) in [7, 11) is -3.83. The maximum Gasteiger partial charge on any atom is 0.239 e. The molecule has 1 heterocycles. The summed E-state index contributed by atoms with van der Waals surface area (Å²) in [6.07, 6.45) is 2.85. The number of rotatable bonds is 5. The Labute approximate surface area is 167 Å². The molecule has 2 fully saturated rings. The number of hydrogen-bond donors (Lipinski definition) is 1. The fourth-order valence-electron chi connectivity index (χ4n) is 5.11. The number of fused-ring (bicyclic) bond motifs is 2. The molecule has 2 amide bonds. The molecule has 1 aromatic carbocycles. The van der Waals surface area contributed by atoms with E-state index in [1.165, 1.54) is 0 Å². The molecular formula is C21H30N2O4S. The lowest BCUT2D eigenvalue weighted by molar-refractivity contribution is -0.129. The minimum Gasteiger partial charge on any atom is -0.338 e. The van der Waals surface area contributed by atoms with Gasteiger partial charge < -0.3 is 10.2 Å². The summed E-state index contributed by atoms with van der Waals surface area (Å²) in [4.78, 5) is 26.6. The fraction of sp³-hybridized carbons (Fsp3) is 0.619. The highest BCUT2D eigenvalue weighted by Crippen LogP contribution is 2.52. The molecule has 2 aliphatic rings. The number of likely N-dealkylation sites (tertiary alicyclic amines) is 1. The molecule has 1 saturated carbocycles. The number of aryl methyl sites for hydroxylation is 1. The lowest BCUT2D eigenvalue weighted by Gasteiger charge is -2.39. The zero-order chi connectivity index (χ0) is 20.7. The standard InChI is InChI=1S/C21H30N2O4S/c1-15-5-7-16(8-6-15)22-18(24)11-28(26,27)12-19(25)23-14-21(4)10-17(23)9-20(2,3)13-21/h5-8,17H,9-14H2,1-4H3,(H,22,24). The SMILES string of the molecule is Cc1ccc(NC(=O)CS(=O)(=O)CC(=O)N2CC3(C)CC2CC(C)(C)C3)cc1. The van der Waals surface area contributed by atoms with Crippen molar-refractivity contribution in [1.82, 2.24) is 4.90 Å². The molecule has 0 aromatic heterocycles. The molecule has 1 aliphatic carbocycles. The molecular weight excluding hydrogens is 376 g/mol. The van der Waals surface area contributed by atoms with Gasteiger partial charge in [0.15, 0.2) is 9.84 Å². The van der Waals surface area contributed by atoms with Crippen LogP contribution in [0.15, 0.2) is 24.3 Å². The van der Waals surface area contributed by atoms with Crippen molar-refractivity contribution >= 4 is 27.3 Å². The third kappa shape index (κ3) is 4.93. The van der Waals surface area contributed by atoms with Crippen LogP contribution >= 0.6 is 0 Å². The lowest BCUT2D eigenvalue weighted by Crippen LogP contribution is -2.41. The first-order valence-electron chi connectivity index (χ1n) is 9.73. The van der Waals surface area contributed by atoms with Crippen LogP contribution in [-0.2, 0) is 19.4 Å². The number of carbonyl (C=O) groups excluding carboxylic acids is 2. The van der Waals surface area contributed by atoms with Crippen LogP contribution < -0.4 is 5.32 Å². The van der Waals surface area contributed by atoms with E-state index in [4.69, 9.17) is 0 Å². The molecule has 1 saturated heterocycles. The quantitative estimate of drug-likeness (QED) is 0.815. The largest absolute Gasteiger partial charge is 0.338 e. The predicted molar refractivity (Wildman–Crippen MR) is 110 cm³/mol. The van der Waals surface area contributed by atoms with Gasteiger partial charge in [0.2, 0.25) is 11.8 Å². The average Bonchev–Trinajstić information content (AvgIpc) is 2.77. The number of nitrogens with zero attached hydrogens (tertiary/aromatic N) is 1. The summed E-state index contributed by atoms with van der Waals surface area (Å²) in [6.45, 7) is 9.12. The van der Waals surface area contributed by atoms with Gasteiger partial charge >= 0.3 is 0 Å². The molecule has 2 bridgehead atoms. The van der Waals surface area contributed by atoms with Gasteiger partial charge in [-0.15, -0.1) is 0 Å². The summed E-state index contributed by atoms with van der Waals surface area (Å²) in [6, 6.07) is 7.20. The topological polar surface area (TPSA) is 83.5 Å². The Kier molecular flexibility index (Phi) is 5.34. The number of anilines is 1. The van der Waals surface area contributed by atoms with E-state index < -0.39 is 27.3 Å². The molecule has 1 N–H and O–H groups in total. The van der Waals surface area contributed by atoms with Crippen molar-refractivity contribution in [2.24, 2.45) is 10.8 Å². The number of amides is 2. The second kappa shape index (κ2) is 7.17. The minimum absolute atomic E-state index is 0.0503. The molecule has 28 heavy (non-hydrogen) atoms. The van der Waals surface area contributed by atoms with Crippen LogP contribution in [0.25, 0.3) is 0 Å². The van der Waals surface area contributed by atoms with Gasteiger partial charge in [0.25, 0.3) is 0 Å². The van der Waals surface area contributed by atoms with Crippen LogP contribution in [0, 0.1) is 17.8 Å². The highest BCUT2D eigenvalue weighted by Gasteiger charge is 2.51. The van der Waals surface area contributed by atoms with E-state index in [9.17, 15) is 18.0 Å². The highest BCUT2D eigenvalue weighted by atomic mass is 32.2. The first-order valence-corrected chi connectivity index (χ1v) is 11.6. The van der Waals surface area contributed by atoms with Crippen LogP contribution in [0.1, 0.15) is 45.6 Å². The van der Waals surface area contributed by atoms with Gasteiger partial charge in [-0.1, -0.05) is 38.5 Å². The summed E-state index contributed by atoms with van der Waals surface area (Å²) < 4.78 is 24.9. The fourth-order valence-corrected chi connectivity index (χ4v) is 6.22. The molecule has 1 aromatic rings. The van der Waals surface area contributed by atoms with Crippen molar-refractivity contribution in [1.29, 1.82) is 0 Å². The Morgan fingerprint density at radius 1 is 1.11 bits per heavy atom. The van der Waals surface area contributed by atoms with Crippen molar-refractivity contribution in [3.8, 4) is 0 Å². The van der Waals surface area contributed by atoms with Crippen molar-refractivity contribution in [3.05, 3.63) is 29.8 Å². The van der Waals surface area contributed by atoms with E-state index in [-0.39, 0.29) is 22.8 Å². The number of sulfone groups is 1. The maximum absolute atomic E-state index is 12.7. The van der Waals surface area contributed by atoms with Crippen LogP contribution in [0.2, 0.25) is 0 Å². The van der Waals surface area contributed by atoms with E-state index in [1.54, 1.807) is 17.0 Å². The predicted octanol–water partition coefficient (Wildman–Crippen LogP) is 2.78. The zero-order valence-corrected chi connectivity index (χ0v) is 17.9. The summed E-state index contributed by atoms with van der Waals surface area (Å²) >= 11 is 0. The lowest BCUT2D eigenvalue weighted by atomic mass is 9.65. The third-order valence-electron chi connectivity index (χ3n) is 5.76. The van der Waals surface area contributed by atoms with Crippen molar-refractivity contribution < 1.29 is 18.0 Å². The molecule has 2 unspecified atom stereocenters. The van der Waals surface area contributed by atoms with E-state index >= 15 is 0 Å². The molecule has 2 atom stereocenters. The van der Waals surface area contributed by atoms with Gasteiger partial charge in [0, 0.05) is 18.3 Å². The first kappa shape index (κ1) is 20.8. The summed E-state index contributed by atoms with van der Waals surface area (Å²) in [5, 5.41) is 2.58. The normalized spacial score (nSPS) is 26.1. The molecule has 6 nitrogen and oxygen atoms in total. The van der Waals surface area contributed by atoms with Gasteiger partial charge in [0.05, 0.1) is 0 Å². The number of carbonyl (C=O) groups is 2. The van der Waals surface area contributed by atoms with Gasteiger partial charge in [-0.2, -0.15) is 0 Å². The van der Waals surface area contributed by atoms with Gasteiger partial charge in [-0.05, 0) is 49.1 Å². The molecule has 0 spiro atoms. The number of hydrogen-bond acceptors (Lipinski definition) is 4. The van der Waals surface area contributed by atoms with E-state index in [1.807, 2.05) is 19.1 Å². The highest BCUT2D eigenvalue weighted by molar-refractivity contribution is 7.92. The van der Waals surface area contributed by atoms with E-state index in [0.717, 1.165) is 24.8 Å². The summed E-state index contributed by atoms with van der Waals surface area (Å²) in [5.41, 5.74) is 1.79. The van der Waals surface area contributed by atoms with Crippen LogP contribution in [0.5, 0.6) is 0 Å². The van der Waals surface area contributed by atoms with Crippen molar-refractivity contribution in [3.63, 3.8) is 0 Å². The molecule has 0 radical (unpaired) electrons. The number of benzene rings is 1. The van der Waals surface area contributed by atoms with E-state index in [0.29, 0.717) is 12.2 Å². The van der Waals surface area contributed by atoms with Crippen molar-refractivity contribution in [2.45, 2.75) is 53.0 Å². The van der Waals surface area contributed by atoms with Gasteiger partial charge in [-0.3, -0.25) is 9.59 Å². The second-order valence-corrected chi connectivity index (χ2v) is 11.7. The van der Waals surface area contributed by atoms with E-state index in [2.05, 4.69) is 26.1 Å². The van der Waals surface area contributed by atoms with Crippen molar-refractivity contribution in [2.75, 3.05) is 23.4 Å². The molecule has 154 valence electrons. The Morgan fingerprint density at radius 3 is 2.39 bits per heavy atom. The maximum atomic E-state index is 12.7. The minimum atomic E-state index is -3.83. The number of nitrogens with one attached hydrogen (secondary N) is 1.